The summed E-state index contributed by atoms with van der Waals surface area (Å²) in [6.07, 6.45) is 3.74. The van der Waals surface area contributed by atoms with Crippen LogP contribution in [0, 0.1) is 12.8 Å². The Balaban J connectivity index is 1.73. The molecule has 0 bridgehead atoms. The second-order valence-electron chi connectivity index (χ2n) is 8.59. The Labute approximate surface area is 165 Å². The minimum atomic E-state index is 0.213. The van der Waals surface area contributed by atoms with Crippen molar-refractivity contribution in [2.75, 3.05) is 13.2 Å². The van der Waals surface area contributed by atoms with Crippen LogP contribution in [0.5, 0.6) is 0 Å². The maximum atomic E-state index is 6.12. The maximum Gasteiger partial charge on any atom is 0.0606 e. The summed E-state index contributed by atoms with van der Waals surface area (Å²) in [6, 6.07) is 20.3. The normalized spacial score (nSPS) is 24.1. The molecular formula is C25H35NO. The molecule has 0 unspecified atom stereocenters. The minimum absolute atomic E-state index is 0.213. The van der Waals surface area contributed by atoms with Gasteiger partial charge in [-0.1, -0.05) is 74.0 Å². The molecule has 0 aliphatic carbocycles. The number of aryl methyl sites for hydroxylation is 1. The second kappa shape index (κ2) is 9.03. The fourth-order valence-corrected chi connectivity index (χ4v) is 4.31. The maximum absolute atomic E-state index is 6.12. The van der Waals surface area contributed by atoms with E-state index in [0.29, 0.717) is 18.1 Å². The highest BCUT2D eigenvalue weighted by Gasteiger charge is 2.39. The van der Waals surface area contributed by atoms with E-state index in [1.807, 2.05) is 0 Å². The summed E-state index contributed by atoms with van der Waals surface area (Å²) in [4.78, 5) is 0. The van der Waals surface area contributed by atoms with E-state index in [9.17, 15) is 0 Å². The van der Waals surface area contributed by atoms with Gasteiger partial charge in [-0.05, 0) is 56.7 Å². The standard InChI is InChI=1S/C25H35NO/c1-19(2)24-18-25(15-17-27-24,23-12-10-20(3)11-13-23)14-16-26-21(4)22-8-6-5-7-9-22/h5-13,19,21,24,26H,14-18H2,1-4H3/t21-,24-,25+/m1/s1. The number of rotatable bonds is 7. The lowest BCUT2D eigenvalue weighted by Crippen LogP contribution is -2.42. The van der Waals surface area contributed by atoms with Crippen molar-refractivity contribution in [1.29, 1.82) is 0 Å². The van der Waals surface area contributed by atoms with Crippen LogP contribution < -0.4 is 5.32 Å². The van der Waals surface area contributed by atoms with E-state index in [2.05, 4.69) is 87.6 Å². The highest BCUT2D eigenvalue weighted by Crippen LogP contribution is 2.41. The molecule has 2 aromatic rings. The summed E-state index contributed by atoms with van der Waals surface area (Å²) >= 11 is 0. The highest BCUT2D eigenvalue weighted by molar-refractivity contribution is 5.30. The van der Waals surface area contributed by atoms with E-state index in [1.54, 1.807) is 0 Å². The molecule has 1 saturated heterocycles. The lowest BCUT2D eigenvalue weighted by Gasteiger charge is -2.43. The summed E-state index contributed by atoms with van der Waals surface area (Å²) in [5.41, 5.74) is 4.38. The van der Waals surface area contributed by atoms with Crippen LogP contribution in [0.3, 0.4) is 0 Å². The minimum Gasteiger partial charge on any atom is -0.378 e. The van der Waals surface area contributed by atoms with E-state index in [4.69, 9.17) is 4.74 Å². The van der Waals surface area contributed by atoms with E-state index >= 15 is 0 Å². The zero-order chi connectivity index (χ0) is 19.3. The number of nitrogens with one attached hydrogen (secondary N) is 1. The molecule has 0 aromatic heterocycles. The number of hydrogen-bond donors (Lipinski definition) is 1. The van der Waals surface area contributed by atoms with Crippen LogP contribution in [0.25, 0.3) is 0 Å². The molecule has 3 atom stereocenters. The lowest BCUT2D eigenvalue weighted by atomic mass is 9.68. The Bertz CT molecular complexity index is 694. The molecule has 2 aromatic carbocycles. The predicted molar refractivity (Wildman–Crippen MR) is 114 cm³/mol. The molecule has 2 heteroatoms. The Morgan fingerprint density at radius 2 is 1.74 bits per heavy atom. The van der Waals surface area contributed by atoms with Crippen molar-refractivity contribution in [2.45, 2.75) is 64.5 Å². The van der Waals surface area contributed by atoms with Crippen molar-refractivity contribution in [3.05, 3.63) is 71.3 Å². The molecule has 27 heavy (non-hydrogen) atoms. The molecule has 1 N–H and O–H groups in total. The third kappa shape index (κ3) is 5.00. The lowest BCUT2D eigenvalue weighted by molar-refractivity contribution is -0.0470. The van der Waals surface area contributed by atoms with Crippen LogP contribution in [0.2, 0.25) is 0 Å². The van der Waals surface area contributed by atoms with Gasteiger partial charge in [0.15, 0.2) is 0 Å². The molecular weight excluding hydrogens is 330 g/mol. The zero-order valence-electron chi connectivity index (χ0n) is 17.4. The average molecular weight is 366 g/mol. The van der Waals surface area contributed by atoms with Gasteiger partial charge in [0.05, 0.1) is 6.10 Å². The first-order valence-corrected chi connectivity index (χ1v) is 10.5. The fourth-order valence-electron chi connectivity index (χ4n) is 4.31. The first-order chi connectivity index (χ1) is 13.0. The van der Waals surface area contributed by atoms with Gasteiger partial charge in [0.1, 0.15) is 0 Å². The smallest absolute Gasteiger partial charge is 0.0606 e. The first kappa shape index (κ1) is 20.1. The molecule has 1 fully saturated rings. The van der Waals surface area contributed by atoms with Crippen LogP contribution in [-0.4, -0.2) is 19.3 Å². The SMILES string of the molecule is Cc1ccc([C@@]2(CCN[C@H](C)c3ccccc3)CCO[C@@H](C(C)C)C2)cc1. The third-order valence-electron chi connectivity index (χ3n) is 6.27. The topological polar surface area (TPSA) is 21.3 Å². The number of benzene rings is 2. The summed E-state index contributed by atoms with van der Waals surface area (Å²) in [5, 5.41) is 3.76. The summed E-state index contributed by atoms with van der Waals surface area (Å²) in [7, 11) is 0. The molecule has 0 radical (unpaired) electrons. The molecule has 146 valence electrons. The Kier molecular flexibility index (Phi) is 6.73. The van der Waals surface area contributed by atoms with Crippen molar-refractivity contribution in [3.63, 3.8) is 0 Å². The van der Waals surface area contributed by atoms with Gasteiger partial charge >= 0.3 is 0 Å². The quantitative estimate of drug-likeness (QED) is 0.668. The van der Waals surface area contributed by atoms with Gasteiger partial charge in [-0.2, -0.15) is 0 Å². The predicted octanol–water partition coefficient (Wildman–Crippen LogP) is 5.81. The van der Waals surface area contributed by atoms with Gasteiger partial charge in [0.2, 0.25) is 0 Å². The highest BCUT2D eigenvalue weighted by atomic mass is 16.5. The van der Waals surface area contributed by atoms with Gasteiger partial charge in [-0.25, -0.2) is 0 Å². The van der Waals surface area contributed by atoms with Crippen LogP contribution in [0.15, 0.2) is 54.6 Å². The average Bonchev–Trinajstić information content (AvgIpc) is 2.69. The van der Waals surface area contributed by atoms with Crippen molar-refractivity contribution < 1.29 is 4.74 Å². The van der Waals surface area contributed by atoms with Crippen molar-refractivity contribution >= 4 is 0 Å². The molecule has 1 aliphatic rings. The Hall–Kier alpha value is -1.64. The number of hydrogen-bond acceptors (Lipinski definition) is 2. The number of ether oxygens (including phenoxy) is 1. The fraction of sp³-hybridized carbons (Fsp3) is 0.520. The van der Waals surface area contributed by atoms with E-state index in [1.165, 1.54) is 16.7 Å². The van der Waals surface area contributed by atoms with Crippen LogP contribution >= 0.6 is 0 Å². The zero-order valence-corrected chi connectivity index (χ0v) is 17.4. The molecule has 2 nitrogen and oxygen atoms in total. The molecule has 3 rings (SSSR count). The molecule has 1 heterocycles. The molecule has 1 aliphatic heterocycles. The van der Waals surface area contributed by atoms with Crippen molar-refractivity contribution in [3.8, 4) is 0 Å². The van der Waals surface area contributed by atoms with Gasteiger partial charge in [0.25, 0.3) is 0 Å². The summed E-state index contributed by atoms with van der Waals surface area (Å²) in [6.45, 7) is 10.9. The second-order valence-corrected chi connectivity index (χ2v) is 8.59. The monoisotopic (exact) mass is 365 g/mol. The molecule has 0 saturated carbocycles. The first-order valence-electron chi connectivity index (χ1n) is 10.5. The molecule has 0 spiro atoms. The van der Waals surface area contributed by atoms with Crippen molar-refractivity contribution in [2.24, 2.45) is 5.92 Å². The third-order valence-corrected chi connectivity index (χ3v) is 6.27. The summed E-state index contributed by atoms with van der Waals surface area (Å²) in [5.74, 6) is 0.561. The van der Waals surface area contributed by atoms with Gasteiger partial charge in [-0.15, -0.1) is 0 Å². The van der Waals surface area contributed by atoms with E-state index < -0.39 is 0 Å². The Morgan fingerprint density at radius 3 is 2.41 bits per heavy atom. The van der Waals surface area contributed by atoms with E-state index in [-0.39, 0.29) is 5.41 Å². The van der Waals surface area contributed by atoms with Crippen LogP contribution in [0.4, 0.5) is 0 Å². The largest absolute Gasteiger partial charge is 0.378 e. The van der Waals surface area contributed by atoms with Gasteiger partial charge < -0.3 is 10.1 Å². The van der Waals surface area contributed by atoms with E-state index in [0.717, 1.165) is 32.4 Å². The Morgan fingerprint density at radius 1 is 1.04 bits per heavy atom. The summed E-state index contributed by atoms with van der Waals surface area (Å²) < 4.78 is 6.12. The van der Waals surface area contributed by atoms with Gasteiger partial charge in [0, 0.05) is 18.1 Å². The van der Waals surface area contributed by atoms with Crippen molar-refractivity contribution in [1.82, 2.24) is 5.32 Å². The van der Waals surface area contributed by atoms with Gasteiger partial charge in [-0.3, -0.25) is 0 Å². The molecule has 0 amide bonds. The van der Waals surface area contributed by atoms with Crippen LogP contribution in [0.1, 0.15) is 62.8 Å². The van der Waals surface area contributed by atoms with Crippen LogP contribution in [-0.2, 0) is 10.2 Å².